The van der Waals surface area contributed by atoms with Crippen LogP contribution in [0.25, 0.3) is 0 Å². The van der Waals surface area contributed by atoms with E-state index in [-0.39, 0.29) is 0 Å². The minimum absolute atomic E-state index is 0.757. The Hall–Kier alpha value is -0.840. The van der Waals surface area contributed by atoms with E-state index in [0.717, 1.165) is 52.8 Å². The highest BCUT2D eigenvalue weighted by Crippen LogP contribution is 2.20. The highest BCUT2D eigenvalue weighted by atomic mass is 32.2. The first-order chi connectivity index (χ1) is 9.61. The summed E-state index contributed by atoms with van der Waals surface area (Å²) in [6.45, 7) is 27.1. The maximum atomic E-state index is 5.60. The van der Waals surface area contributed by atoms with E-state index in [1.807, 2.05) is 27.7 Å². The van der Waals surface area contributed by atoms with E-state index in [0.29, 0.717) is 0 Å². The zero-order valence-corrected chi connectivity index (χ0v) is 15.5. The summed E-state index contributed by atoms with van der Waals surface area (Å²) in [5.74, 6) is 0. The van der Waals surface area contributed by atoms with E-state index < -0.39 is 0 Å². The van der Waals surface area contributed by atoms with Crippen LogP contribution in [0.5, 0.6) is 0 Å². The molecule has 0 fully saturated rings. The van der Waals surface area contributed by atoms with Gasteiger partial charge in [-0.2, -0.15) is 0 Å². The fraction of sp³-hybridized carbons (Fsp3) is 0.471. The molecule has 0 saturated carbocycles. The molecule has 4 heteroatoms. The molecule has 0 saturated heterocycles. The van der Waals surface area contributed by atoms with Crippen LogP contribution >= 0.6 is 24.2 Å². The standard InChI is InChI=1S/C17H28N2S2/c1-13(2)9-18(10-14(3)4)17(20)21-19(11-15(5)6)12-16(7)8/h1,3,5,7,9-12H2,2,4,6,8H3. The molecular weight excluding hydrogens is 296 g/mol. The van der Waals surface area contributed by atoms with E-state index in [4.69, 9.17) is 12.2 Å². The number of thiocarbonyl (C=S) groups is 1. The average molecular weight is 325 g/mol. The summed E-state index contributed by atoms with van der Waals surface area (Å²) in [5.41, 5.74) is 4.40. The molecule has 0 rings (SSSR count). The molecule has 0 unspecified atom stereocenters. The van der Waals surface area contributed by atoms with E-state index >= 15 is 0 Å². The van der Waals surface area contributed by atoms with Crippen LogP contribution < -0.4 is 0 Å². The summed E-state index contributed by atoms with van der Waals surface area (Å²) in [5, 5.41) is 0. The molecule has 0 aromatic carbocycles. The van der Waals surface area contributed by atoms with Crippen LogP contribution in [0.1, 0.15) is 27.7 Å². The van der Waals surface area contributed by atoms with Crippen LogP contribution in [0.15, 0.2) is 48.6 Å². The van der Waals surface area contributed by atoms with Gasteiger partial charge in [0.05, 0.1) is 0 Å². The highest BCUT2D eigenvalue weighted by molar-refractivity contribution is 8.21. The Labute approximate surface area is 140 Å². The van der Waals surface area contributed by atoms with Crippen molar-refractivity contribution >= 4 is 28.5 Å². The third-order valence-electron chi connectivity index (χ3n) is 2.28. The first kappa shape index (κ1) is 20.2. The summed E-state index contributed by atoms with van der Waals surface area (Å²) < 4.78 is 3.03. The molecule has 0 aromatic rings. The van der Waals surface area contributed by atoms with Gasteiger partial charge in [0.1, 0.15) is 0 Å². The number of rotatable bonds is 9. The van der Waals surface area contributed by atoms with Gasteiger partial charge in [0, 0.05) is 26.2 Å². The smallest absolute Gasteiger partial charge is 0.152 e. The van der Waals surface area contributed by atoms with Crippen LogP contribution in [-0.2, 0) is 0 Å². The quantitative estimate of drug-likeness (QED) is 0.340. The topological polar surface area (TPSA) is 6.48 Å². The van der Waals surface area contributed by atoms with Gasteiger partial charge in [-0.1, -0.05) is 60.8 Å². The molecule has 0 spiro atoms. The molecule has 21 heavy (non-hydrogen) atoms. The Bertz CT molecular complexity index is 406. The second kappa shape index (κ2) is 9.98. The average Bonchev–Trinajstić information content (AvgIpc) is 2.24. The van der Waals surface area contributed by atoms with Gasteiger partial charge < -0.3 is 4.90 Å². The monoisotopic (exact) mass is 324 g/mol. The summed E-state index contributed by atoms with van der Waals surface area (Å²) >= 11 is 7.18. The molecular formula is C17H28N2S2. The Morgan fingerprint density at radius 3 is 1.38 bits per heavy atom. The van der Waals surface area contributed by atoms with Gasteiger partial charge in [0.15, 0.2) is 4.32 Å². The summed E-state index contributed by atoms with van der Waals surface area (Å²) in [6, 6.07) is 0. The summed E-state index contributed by atoms with van der Waals surface area (Å²) in [6.07, 6.45) is 0. The van der Waals surface area contributed by atoms with Crippen molar-refractivity contribution in [2.45, 2.75) is 27.7 Å². The molecule has 2 nitrogen and oxygen atoms in total. The van der Waals surface area contributed by atoms with Crippen molar-refractivity contribution < 1.29 is 0 Å². The zero-order chi connectivity index (χ0) is 16.6. The van der Waals surface area contributed by atoms with Gasteiger partial charge in [-0.15, -0.1) is 0 Å². The van der Waals surface area contributed by atoms with Crippen molar-refractivity contribution in [2.75, 3.05) is 26.2 Å². The molecule has 0 aliphatic rings. The normalized spacial score (nSPS) is 10.3. The maximum Gasteiger partial charge on any atom is 0.152 e. The Morgan fingerprint density at radius 1 is 0.762 bits per heavy atom. The molecule has 0 atom stereocenters. The fourth-order valence-corrected chi connectivity index (χ4v) is 3.21. The first-order valence-electron chi connectivity index (χ1n) is 6.91. The van der Waals surface area contributed by atoms with Crippen molar-refractivity contribution in [3.8, 4) is 0 Å². The minimum atomic E-state index is 0.757. The largest absolute Gasteiger partial charge is 0.349 e. The Balaban J connectivity index is 4.86. The second-order valence-electron chi connectivity index (χ2n) is 5.84. The summed E-state index contributed by atoms with van der Waals surface area (Å²) in [7, 11) is 0. The van der Waals surface area contributed by atoms with Gasteiger partial charge in [-0.05, 0) is 39.6 Å². The molecule has 0 aromatic heterocycles. The predicted molar refractivity (Wildman–Crippen MR) is 103 cm³/mol. The van der Waals surface area contributed by atoms with Crippen LogP contribution in [0, 0.1) is 0 Å². The van der Waals surface area contributed by atoms with Crippen molar-refractivity contribution in [2.24, 2.45) is 0 Å². The molecule has 0 N–H and O–H groups in total. The number of nitrogens with zero attached hydrogens (tertiary/aromatic N) is 2. The van der Waals surface area contributed by atoms with Crippen molar-refractivity contribution in [3.63, 3.8) is 0 Å². The minimum Gasteiger partial charge on any atom is -0.349 e. The van der Waals surface area contributed by atoms with Gasteiger partial charge in [-0.25, -0.2) is 4.31 Å². The van der Waals surface area contributed by atoms with Crippen molar-refractivity contribution in [3.05, 3.63) is 48.6 Å². The van der Waals surface area contributed by atoms with Gasteiger partial charge in [0.2, 0.25) is 0 Å². The Morgan fingerprint density at radius 2 is 1.10 bits per heavy atom. The molecule has 0 amide bonds. The van der Waals surface area contributed by atoms with Crippen LogP contribution in [0.3, 0.4) is 0 Å². The predicted octanol–water partition coefficient (Wildman–Crippen LogP) is 4.83. The third kappa shape index (κ3) is 10.5. The molecule has 0 bridgehead atoms. The van der Waals surface area contributed by atoms with Gasteiger partial charge in [0.25, 0.3) is 0 Å². The first-order valence-corrected chi connectivity index (χ1v) is 8.09. The van der Waals surface area contributed by atoms with Crippen LogP contribution in [0.4, 0.5) is 0 Å². The lowest BCUT2D eigenvalue weighted by Crippen LogP contribution is -2.34. The second-order valence-corrected chi connectivity index (χ2v) is 7.57. The van der Waals surface area contributed by atoms with E-state index in [9.17, 15) is 0 Å². The van der Waals surface area contributed by atoms with E-state index in [2.05, 4.69) is 35.5 Å². The van der Waals surface area contributed by atoms with Gasteiger partial charge >= 0.3 is 0 Å². The van der Waals surface area contributed by atoms with E-state index in [1.165, 1.54) is 0 Å². The van der Waals surface area contributed by atoms with E-state index in [1.54, 1.807) is 11.9 Å². The van der Waals surface area contributed by atoms with Crippen molar-refractivity contribution in [1.82, 2.24) is 9.21 Å². The lowest BCUT2D eigenvalue weighted by molar-refractivity contribution is 0.501. The number of hydrogen-bond donors (Lipinski definition) is 0. The molecule has 0 aliphatic carbocycles. The highest BCUT2D eigenvalue weighted by Gasteiger charge is 2.15. The lowest BCUT2D eigenvalue weighted by Gasteiger charge is -2.29. The fourth-order valence-electron chi connectivity index (χ4n) is 1.73. The third-order valence-corrected chi connectivity index (χ3v) is 3.69. The molecule has 0 heterocycles. The maximum absolute atomic E-state index is 5.60. The Kier molecular flexibility index (Phi) is 9.58. The zero-order valence-electron chi connectivity index (χ0n) is 13.9. The summed E-state index contributed by atoms with van der Waals surface area (Å²) in [4.78, 5) is 2.13. The van der Waals surface area contributed by atoms with Crippen molar-refractivity contribution in [1.29, 1.82) is 0 Å². The number of hydrogen-bond acceptors (Lipinski definition) is 3. The molecule has 118 valence electrons. The van der Waals surface area contributed by atoms with Crippen LogP contribution in [0.2, 0.25) is 0 Å². The molecule has 0 aliphatic heterocycles. The lowest BCUT2D eigenvalue weighted by atomic mass is 10.3. The SMILES string of the molecule is C=C(C)CN(CC(=C)C)SC(=S)N(CC(=C)C)CC(=C)C. The molecule has 0 radical (unpaired) electrons. The van der Waals surface area contributed by atoms with Gasteiger partial charge in [-0.3, -0.25) is 0 Å². The van der Waals surface area contributed by atoms with Crippen LogP contribution in [-0.4, -0.2) is 39.7 Å².